The number of pyridine rings is 1. The van der Waals surface area contributed by atoms with Gasteiger partial charge in [0.15, 0.2) is 0 Å². The molecule has 0 spiro atoms. The first-order valence-electron chi connectivity index (χ1n) is 18.9. The fourth-order valence-electron chi connectivity index (χ4n) is 7.52. The molecule has 3 heterocycles. The van der Waals surface area contributed by atoms with E-state index in [9.17, 15) is 0 Å². The third kappa shape index (κ3) is 6.79. The van der Waals surface area contributed by atoms with Crippen LogP contribution < -0.4 is 19.4 Å². The van der Waals surface area contributed by atoms with Gasteiger partial charge in [-0.2, -0.15) is 12.1 Å². The minimum absolute atomic E-state index is 0. The van der Waals surface area contributed by atoms with Gasteiger partial charge in [-0.25, -0.2) is 4.98 Å². The molecule has 2 aliphatic heterocycles. The molecule has 282 valence electrons. The van der Waals surface area contributed by atoms with Gasteiger partial charge in [-0.3, -0.25) is 0 Å². The van der Waals surface area contributed by atoms with E-state index >= 15 is 0 Å². The standard InChI is InChI=1S/C50H43N4O.Pt/c1-49(2,3)34-22-24-36(25-23-34)52-33-53(46-21-12-11-20-45(46)52)37-14-13-15-38(31-37)55-39-26-27-43-41-17-8-7-16-40(41)42-18-9-10-19-44(42)54(47(43)32-39)48-30-35(28-29-51-48)50(4,5)6;/h7-30,33H,1-6H3;/q-3;. The molecule has 0 atom stereocenters. The van der Waals surface area contributed by atoms with E-state index in [1.54, 1.807) is 0 Å². The quantitative estimate of drug-likeness (QED) is 0.161. The van der Waals surface area contributed by atoms with Crippen LogP contribution in [0, 0.1) is 18.8 Å². The summed E-state index contributed by atoms with van der Waals surface area (Å²) in [5.74, 6) is 2.02. The topological polar surface area (TPSA) is 31.8 Å². The van der Waals surface area contributed by atoms with Crippen molar-refractivity contribution in [2.75, 3.05) is 14.7 Å². The van der Waals surface area contributed by atoms with E-state index in [0.717, 1.165) is 56.6 Å². The average Bonchev–Trinajstić information content (AvgIpc) is 3.53. The Labute approximate surface area is 345 Å². The summed E-state index contributed by atoms with van der Waals surface area (Å²) in [6.07, 6.45) is 1.91. The first-order valence-corrected chi connectivity index (χ1v) is 18.9. The van der Waals surface area contributed by atoms with E-state index in [2.05, 4.69) is 196 Å². The van der Waals surface area contributed by atoms with Crippen molar-refractivity contribution in [2.24, 2.45) is 0 Å². The zero-order chi connectivity index (χ0) is 37.9. The number of benzene rings is 6. The van der Waals surface area contributed by atoms with Gasteiger partial charge in [-0.15, -0.1) is 48.3 Å². The maximum Gasteiger partial charge on any atom is 0.135 e. The SMILES string of the molecule is CC(C)(C)c1ccc(N2[CH-]N(c3[c-]c(Oc4[c-]c5c(cc4)-c4ccccc4-c4ccccc4N5c4cc(C(C)(C)C)ccn4)ccc3)c3ccccc32)cc1.[Pt]. The predicted molar refractivity (Wildman–Crippen MR) is 226 cm³/mol. The van der Waals surface area contributed by atoms with Crippen LogP contribution in [0.4, 0.5) is 39.9 Å². The van der Waals surface area contributed by atoms with Crippen molar-refractivity contribution in [3.63, 3.8) is 0 Å². The van der Waals surface area contributed by atoms with Crippen LogP contribution in [0.3, 0.4) is 0 Å². The summed E-state index contributed by atoms with van der Waals surface area (Å²) >= 11 is 0. The summed E-state index contributed by atoms with van der Waals surface area (Å²) in [6, 6.07) is 56.2. The van der Waals surface area contributed by atoms with Crippen molar-refractivity contribution in [2.45, 2.75) is 52.4 Å². The van der Waals surface area contributed by atoms with Crippen LogP contribution in [0.1, 0.15) is 52.7 Å². The Morgan fingerprint density at radius 3 is 1.84 bits per heavy atom. The number of ether oxygens (including phenoxy) is 1. The maximum absolute atomic E-state index is 6.66. The Kier molecular flexibility index (Phi) is 9.63. The van der Waals surface area contributed by atoms with Gasteiger partial charge in [0.2, 0.25) is 0 Å². The largest absolute Gasteiger partial charge is 0.509 e. The molecule has 0 bridgehead atoms. The molecular weight excluding hydrogens is 868 g/mol. The molecule has 1 aromatic heterocycles. The molecule has 0 fully saturated rings. The fourth-order valence-corrected chi connectivity index (χ4v) is 7.52. The molecule has 0 N–H and O–H groups in total. The first kappa shape index (κ1) is 37.3. The fraction of sp³-hybridized carbons (Fsp3) is 0.160. The number of rotatable bonds is 5. The van der Waals surface area contributed by atoms with Crippen LogP contribution in [0.15, 0.2) is 146 Å². The van der Waals surface area contributed by atoms with Crippen molar-refractivity contribution in [1.82, 2.24) is 4.98 Å². The summed E-state index contributed by atoms with van der Waals surface area (Å²) in [6.45, 7) is 15.6. The van der Waals surface area contributed by atoms with Gasteiger partial charge < -0.3 is 19.4 Å². The number of aromatic nitrogens is 1. The van der Waals surface area contributed by atoms with E-state index in [-0.39, 0.29) is 31.9 Å². The predicted octanol–water partition coefficient (Wildman–Crippen LogP) is 13.6. The van der Waals surface area contributed by atoms with E-state index in [0.29, 0.717) is 11.5 Å². The average molecular weight is 911 g/mol. The van der Waals surface area contributed by atoms with Crippen LogP contribution >= 0.6 is 0 Å². The van der Waals surface area contributed by atoms with Crippen molar-refractivity contribution < 1.29 is 25.8 Å². The zero-order valence-electron chi connectivity index (χ0n) is 32.4. The molecule has 5 nitrogen and oxygen atoms in total. The monoisotopic (exact) mass is 910 g/mol. The molecule has 6 aromatic carbocycles. The molecule has 2 aliphatic rings. The minimum atomic E-state index is -0.0500. The molecule has 0 saturated carbocycles. The summed E-state index contributed by atoms with van der Waals surface area (Å²) in [5.41, 5.74) is 13.1. The Balaban J connectivity index is 0.00000441. The minimum Gasteiger partial charge on any atom is -0.509 e. The molecular formula is C50H43N4OPt-3. The second kappa shape index (κ2) is 14.5. The number of hydrogen-bond donors (Lipinski definition) is 0. The van der Waals surface area contributed by atoms with Crippen LogP contribution in [-0.2, 0) is 31.9 Å². The summed E-state index contributed by atoms with van der Waals surface area (Å²) in [5, 5.41) is 0. The zero-order valence-corrected chi connectivity index (χ0v) is 34.7. The van der Waals surface area contributed by atoms with Crippen molar-refractivity contribution in [1.29, 1.82) is 0 Å². The maximum atomic E-state index is 6.66. The molecule has 0 aliphatic carbocycles. The van der Waals surface area contributed by atoms with Crippen LogP contribution in [0.25, 0.3) is 22.3 Å². The van der Waals surface area contributed by atoms with Crippen molar-refractivity contribution in [3.05, 3.63) is 176 Å². The third-order valence-corrected chi connectivity index (χ3v) is 10.5. The third-order valence-electron chi connectivity index (χ3n) is 10.5. The van der Waals surface area contributed by atoms with E-state index in [4.69, 9.17) is 9.72 Å². The van der Waals surface area contributed by atoms with Gasteiger partial charge in [0.25, 0.3) is 0 Å². The van der Waals surface area contributed by atoms with E-state index < -0.39 is 0 Å². The van der Waals surface area contributed by atoms with Gasteiger partial charge in [0.1, 0.15) is 5.82 Å². The Morgan fingerprint density at radius 1 is 0.536 bits per heavy atom. The molecule has 0 unspecified atom stereocenters. The van der Waals surface area contributed by atoms with E-state index in [1.165, 1.54) is 16.7 Å². The summed E-state index contributed by atoms with van der Waals surface area (Å²) < 4.78 is 6.66. The second-order valence-electron chi connectivity index (χ2n) is 16.3. The van der Waals surface area contributed by atoms with Gasteiger partial charge in [-0.05, 0) is 70.0 Å². The second-order valence-corrected chi connectivity index (χ2v) is 16.3. The Hall–Kier alpha value is -5.64. The number of nitrogens with zero attached hydrogens (tertiary/aromatic N) is 4. The number of fused-ring (bicyclic) bond motifs is 6. The van der Waals surface area contributed by atoms with E-state index in [1.807, 2.05) is 24.4 Å². The molecule has 0 saturated heterocycles. The molecule has 9 rings (SSSR count). The molecule has 0 radical (unpaired) electrons. The molecule has 6 heteroatoms. The Morgan fingerprint density at radius 2 is 1.14 bits per heavy atom. The number of anilines is 7. The normalized spacial score (nSPS) is 13.2. The van der Waals surface area contributed by atoms with Gasteiger partial charge in [-0.1, -0.05) is 120 Å². The first-order chi connectivity index (χ1) is 26.5. The number of para-hydroxylation sites is 3. The van der Waals surface area contributed by atoms with Gasteiger partial charge in [0, 0.05) is 61.4 Å². The van der Waals surface area contributed by atoms with Gasteiger partial charge in [0.05, 0.1) is 5.69 Å². The van der Waals surface area contributed by atoms with Gasteiger partial charge >= 0.3 is 0 Å². The summed E-state index contributed by atoms with van der Waals surface area (Å²) in [4.78, 5) is 11.6. The van der Waals surface area contributed by atoms with Crippen LogP contribution in [-0.4, -0.2) is 4.98 Å². The van der Waals surface area contributed by atoms with Crippen LogP contribution in [0.5, 0.6) is 11.5 Å². The van der Waals surface area contributed by atoms with Crippen molar-refractivity contribution in [3.8, 4) is 33.8 Å². The number of hydrogen-bond acceptors (Lipinski definition) is 5. The van der Waals surface area contributed by atoms with Crippen molar-refractivity contribution >= 4 is 39.9 Å². The molecule has 0 amide bonds. The smallest absolute Gasteiger partial charge is 0.135 e. The Bertz CT molecular complexity index is 2550. The van der Waals surface area contributed by atoms with Crippen LogP contribution in [0.2, 0.25) is 0 Å². The molecule has 7 aromatic rings. The molecule has 56 heavy (non-hydrogen) atoms. The summed E-state index contributed by atoms with van der Waals surface area (Å²) in [7, 11) is 0.